The van der Waals surface area contributed by atoms with Gasteiger partial charge in [0.1, 0.15) is 0 Å². The number of pyridine rings is 1. The van der Waals surface area contributed by atoms with Crippen molar-refractivity contribution in [3.63, 3.8) is 0 Å². The average Bonchev–Trinajstić information content (AvgIpc) is 3.37. The van der Waals surface area contributed by atoms with Crippen molar-refractivity contribution in [3.05, 3.63) is 23.4 Å². The predicted molar refractivity (Wildman–Crippen MR) is 139 cm³/mol. The van der Waals surface area contributed by atoms with Gasteiger partial charge in [0.05, 0.1) is 6.61 Å². The fourth-order valence-electron chi connectivity index (χ4n) is 7.16. The highest BCUT2D eigenvalue weighted by Gasteiger charge is 2.46. The molecule has 10 nitrogen and oxygen atoms in total. The summed E-state index contributed by atoms with van der Waals surface area (Å²) in [5.41, 5.74) is 11.2. The lowest BCUT2D eigenvalue weighted by molar-refractivity contribution is -0.136. The Balaban J connectivity index is 0.969. The molecular formula is C28H40N6O4. The number of aromatic nitrogens is 1. The minimum absolute atomic E-state index is 0.0723. The first kappa shape index (κ1) is 24.7. The zero-order valence-corrected chi connectivity index (χ0v) is 22.1. The molecule has 38 heavy (non-hydrogen) atoms. The van der Waals surface area contributed by atoms with Crippen LogP contribution >= 0.6 is 0 Å². The van der Waals surface area contributed by atoms with E-state index in [0.717, 1.165) is 90.0 Å². The van der Waals surface area contributed by atoms with Gasteiger partial charge in [0.15, 0.2) is 0 Å². The molecule has 5 atom stereocenters. The van der Waals surface area contributed by atoms with Crippen molar-refractivity contribution in [2.75, 3.05) is 46.0 Å². The molecule has 0 aromatic carbocycles. The van der Waals surface area contributed by atoms with Crippen molar-refractivity contribution in [1.29, 1.82) is 0 Å². The van der Waals surface area contributed by atoms with E-state index < -0.39 is 0 Å². The quantitative estimate of drug-likeness (QED) is 0.513. The van der Waals surface area contributed by atoms with Gasteiger partial charge in [-0.2, -0.15) is 5.53 Å². The van der Waals surface area contributed by atoms with Crippen molar-refractivity contribution in [2.45, 2.75) is 62.9 Å². The van der Waals surface area contributed by atoms with E-state index in [1.165, 1.54) is 0 Å². The Hall–Kier alpha value is -2.27. The molecule has 0 spiro atoms. The fourth-order valence-corrected chi connectivity index (χ4v) is 7.16. The molecule has 2 aliphatic carbocycles. The third-order valence-corrected chi connectivity index (χ3v) is 9.67. The van der Waals surface area contributed by atoms with E-state index in [4.69, 9.17) is 14.5 Å². The number of nitrogens with zero attached hydrogens (tertiary/aromatic N) is 3. The molecule has 7 rings (SSSR count). The molecule has 10 heteroatoms. The van der Waals surface area contributed by atoms with E-state index in [-0.39, 0.29) is 11.8 Å². The van der Waals surface area contributed by atoms with Crippen LogP contribution in [0.5, 0.6) is 5.88 Å². The Morgan fingerprint density at radius 1 is 0.921 bits per heavy atom. The SMILES string of the molecule is O=C(c1cc(OCC2CCOCC2)nc(C2CC2)c1)N1C[C@@H]2CN(C(=O)C3CCC4NNNC4C3)C[C@@H]2C1. The van der Waals surface area contributed by atoms with Gasteiger partial charge in [-0.15, -0.1) is 0 Å². The van der Waals surface area contributed by atoms with Crippen LogP contribution in [0.25, 0.3) is 0 Å². The van der Waals surface area contributed by atoms with Gasteiger partial charge in [0.2, 0.25) is 11.8 Å². The summed E-state index contributed by atoms with van der Waals surface area (Å²) in [6.45, 7) is 5.19. The van der Waals surface area contributed by atoms with Gasteiger partial charge in [-0.25, -0.2) is 15.8 Å². The van der Waals surface area contributed by atoms with Gasteiger partial charge < -0.3 is 19.3 Å². The van der Waals surface area contributed by atoms with Crippen LogP contribution in [-0.2, 0) is 9.53 Å². The van der Waals surface area contributed by atoms with E-state index in [0.29, 0.717) is 59.7 Å². The third-order valence-electron chi connectivity index (χ3n) is 9.67. The van der Waals surface area contributed by atoms with Gasteiger partial charge in [-0.1, -0.05) is 0 Å². The summed E-state index contributed by atoms with van der Waals surface area (Å²) in [5.74, 6) is 2.71. The van der Waals surface area contributed by atoms with E-state index in [2.05, 4.69) is 21.3 Å². The Kier molecular flexibility index (Phi) is 6.75. The largest absolute Gasteiger partial charge is 0.477 e. The molecule has 0 bridgehead atoms. The zero-order chi connectivity index (χ0) is 25.6. The van der Waals surface area contributed by atoms with Crippen molar-refractivity contribution in [2.24, 2.45) is 23.7 Å². The fraction of sp³-hybridized carbons (Fsp3) is 0.750. The second kappa shape index (κ2) is 10.4. The molecule has 3 N–H and O–H groups in total. The van der Waals surface area contributed by atoms with Crippen molar-refractivity contribution < 1.29 is 19.1 Å². The molecule has 6 aliphatic rings. The Labute approximate surface area is 224 Å². The first-order chi connectivity index (χ1) is 18.6. The van der Waals surface area contributed by atoms with Crippen LogP contribution in [0.2, 0.25) is 0 Å². The molecule has 206 valence electrons. The molecule has 3 unspecified atom stereocenters. The number of hydrogen-bond acceptors (Lipinski definition) is 8. The normalized spacial score (nSPS) is 33.3. The highest BCUT2D eigenvalue weighted by atomic mass is 16.5. The highest BCUT2D eigenvalue weighted by molar-refractivity contribution is 5.95. The molecule has 4 aliphatic heterocycles. The zero-order valence-electron chi connectivity index (χ0n) is 22.1. The minimum Gasteiger partial charge on any atom is -0.477 e. The molecule has 2 amide bonds. The second-order valence-corrected chi connectivity index (χ2v) is 12.4. The maximum absolute atomic E-state index is 13.6. The van der Waals surface area contributed by atoms with Crippen molar-refractivity contribution >= 4 is 11.8 Å². The van der Waals surface area contributed by atoms with Crippen LogP contribution < -0.4 is 21.1 Å². The van der Waals surface area contributed by atoms with Gasteiger partial charge in [0.25, 0.3) is 5.91 Å². The Morgan fingerprint density at radius 2 is 1.66 bits per heavy atom. The monoisotopic (exact) mass is 524 g/mol. The van der Waals surface area contributed by atoms with E-state index in [1.54, 1.807) is 0 Å². The molecule has 6 fully saturated rings. The Bertz CT molecular complexity index is 1050. The summed E-state index contributed by atoms with van der Waals surface area (Å²) in [6, 6.07) is 4.56. The molecular weight excluding hydrogens is 484 g/mol. The lowest BCUT2D eigenvalue weighted by Gasteiger charge is -2.32. The first-order valence-corrected chi connectivity index (χ1v) is 14.7. The molecule has 0 radical (unpaired) electrons. The van der Waals surface area contributed by atoms with Gasteiger partial charge >= 0.3 is 0 Å². The number of ether oxygens (including phenoxy) is 2. The van der Waals surface area contributed by atoms with Crippen LogP contribution in [-0.4, -0.2) is 84.7 Å². The number of hydrazine groups is 2. The van der Waals surface area contributed by atoms with Gasteiger partial charge in [0, 0.05) is 92.5 Å². The summed E-state index contributed by atoms with van der Waals surface area (Å²) in [4.78, 5) is 35.8. The third kappa shape index (κ3) is 5.03. The van der Waals surface area contributed by atoms with Crippen LogP contribution in [0.3, 0.4) is 0 Å². The number of likely N-dealkylation sites (tertiary alicyclic amines) is 2. The maximum atomic E-state index is 13.6. The summed E-state index contributed by atoms with van der Waals surface area (Å²) < 4.78 is 11.6. The molecule has 5 heterocycles. The number of carbonyl (C=O) groups is 2. The van der Waals surface area contributed by atoms with Gasteiger partial charge in [-0.05, 0) is 56.9 Å². The van der Waals surface area contributed by atoms with E-state index in [1.807, 2.05) is 17.0 Å². The van der Waals surface area contributed by atoms with Crippen LogP contribution in [0, 0.1) is 23.7 Å². The average molecular weight is 525 g/mol. The number of nitrogens with one attached hydrogen (secondary N) is 3. The van der Waals surface area contributed by atoms with E-state index >= 15 is 0 Å². The van der Waals surface area contributed by atoms with Crippen molar-refractivity contribution in [3.8, 4) is 5.88 Å². The number of hydrogen-bond donors (Lipinski definition) is 3. The Morgan fingerprint density at radius 3 is 2.42 bits per heavy atom. The summed E-state index contributed by atoms with van der Waals surface area (Å²) >= 11 is 0. The standard InChI is InChI=1S/C28H40N6O4/c35-27(19-3-4-23-25(9-19)31-32-30-23)33-12-21-14-34(15-22(21)13-33)28(36)20-10-24(18-1-2-18)29-26(11-20)38-16-17-5-7-37-8-6-17/h10-11,17-19,21-23,25,30-32H,1-9,12-16H2/t19?,21-,22+,23?,25?. The van der Waals surface area contributed by atoms with Crippen LogP contribution in [0.4, 0.5) is 0 Å². The summed E-state index contributed by atoms with van der Waals surface area (Å²) in [6.07, 6.45) is 7.12. The molecule has 1 aromatic rings. The summed E-state index contributed by atoms with van der Waals surface area (Å²) in [5, 5.41) is 0. The lowest BCUT2D eigenvalue weighted by atomic mass is 9.82. The number of amides is 2. The molecule has 4 saturated heterocycles. The number of carbonyl (C=O) groups excluding carboxylic acids is 2. The second-order valence-electron chi connectivity index (χ2n) is 12.4. The minimum atomic E-state index is 0.0723. The van der Waals surface area contributed by atoms with Crippen LogP contribution in [0.15, 0.2) is 12.1 Å². The predicted octanol–water partition coefficient (Wildman–Crippen LogP) is 1.44. The number of rotatable bonds is 6. The molecule has 2 saturated carbocycles. The smallest absolute Gasteiger partial charge is 0.254 e. The van der Waals surface area contributed by atoms with Crippen LogP contribution in [0.1, 0.15) is 66.9 Å². The summed E-state index contributed by atoms with van der Waals surface area (Å²) in [7, 11) is 0. The van der Waals surface area contributed by atoms with E-state index in [9.17, 15) is 9.59 Å². The van der Waals surface area contributed by atoms with Crippen molar-refractivity contribution in [1.82, 2.24) is 31.2 Å². The topological polar surface area (TPSA) is 108 Å². The molecule has 1 aromatic heterocycles. The van der Waals surface area contributed by atoms with Gasteiger partial charge in [-0.3, -0.25) is 9.59 Å². The lowest BCUT2D eigenvalue weighted by Crippen LogP contribution is -2.45. The maximum Gasteiger partial charge on any atom is 0.254 e. The highest BCUT2D eigenvalue weighted by Crippen LogP contribution is 2.41. The first-order valence-electron chi connectivity index (χ1n) is 14.7. The number of fused-ring (bicyclic) bond motifs is 2.